The lowest BCUT2D eigenvalue weighted by molar-refractivity contribution is -0.140. The van der Waals surface area contributed by atoms with Crippen LogP contribution in [0.3, 0.4) is 0 Å². The second-order valence-corrected chi connectivity index (χ2v) is 16.1. The van der Waals surface area contributed by atoms with Crippen molar-refractivity contribution in [3.05, 3.63) is 99.5 Å². The van der Waals surface area contributed by atoms with Crippen molar-refractivity contribution in [3.8, 4) is 5.75 Å². The summed E-state index contributed by atoms with van der Waals surface area (Å²) < 4.78 is 21.9. The summed E-state index contributed by atoms with van der Waals surface area (Å²) in [6.07, 6.45) is 20.1. The van der Waals surface area contributed by atoms with Crippen molar-refractivity contribution in [2.75, 3.05) is 40.0 Å². The van der Waals surface area contributed by atoms with Gasteiger partial charge in [0, 0.05) is 42.2 Å². The Morgan fingerprint density at radius 3 is 1.88 bits per heavy atom. The van der Waals surface area contributed by atoms with Gasteiger partial charge >= 0.3 is 11.9 Å². The van der Waals surface area contributed by atoms with E-state index >= 15 is 0 Å². The van der Waals surface area contributed by atoms with Crippen LogP contribution in [-0.4, -0.2) is 69.1 Å². The number of ketones is 2. The first-order valence-corrected chi connectivity index (χ1v) is 22.2. The van der Waals surface area contributed by atoms with E-state index in [1.54, 1.807) is 64.3 Å². The molecule has 2 aliphatic rings. The average molecular weight is 829 g/mol. The predicted octanol–water partition coefficient (Wildman–Crippen LogP) is 10.2. The predicted molar refractivity (Wildman–Crippen MR) is 240 cm³/mol. The summed E-state index contributed by atoms with van der Waals surface area (Å²) in [5.41, 5.74) is 3.94. The molecule has 10 nitrogen and oxygen atoms in total. The van der Waals surface area contributed by atoms with Gasteiger partial charge in [-0.2, -0.15) is 0 Å². The molecule has 0 amide bonds. The van der Waals surface area contributed by atoms with E-state index in [0.29, 0.717) is 47.5 Å². The third kappa shape index (κ3) is 14.8. The number of allylic oxidation sites excluding steroid dienone is 9. The summed E-state index contributed by atoms with van der Waals surface area (Å²) in [5, 5.41) is 7.41. The van der Waals surface area contributed by atoms with Crippen LogP contribution in [0.4, 0.5) is 0 Å². The van der Waals surface area contributed by atoms with Crippen molar-refractivity contribution < 1.29 is 38.1 Å². The summed E-state index contributed by atoms with van der Waals surface area (Å²) in [4.78, 5) is 54.3. The summed E-state index contributed by atoms with van der Waals surface area (Å²) in [7, 11) is 1.57. The quantitative estimate of drug-likeness (QED) is 0.0187. The van der Waals surface area contributed by atoms with E-state index < -0.39 is 17.5 Å². The number of Topliss-reactive ketones (excluding diaryl/α,β-unsaturated/α-hetero) is 2. The van der Waals surface area contributed by atoms with Gasteiger partial charge in [-0.25, -0.2) is 9.59 Å². The Morgan fingerprint density at radius 1 is 0.750 bits per heavy atom. The number of nitrogens with one attached hydrogen (secondary N) is 2. The number of hydrogen-bond acceptors (Lipinski definition) is 10. The van der Waals surface area contributed by atoms with Crippen molar-refractivity contribution in [2.45, 2.75) is 138 Å². The van der Waals surface area contributed by atoms with Gasteiger partial charge in [-0.15, -0.1) is 0 Å². The second kappa shape index (κ2) is 25.2. The van der Waals surface area contributed by atoms with E-state index in [4.69, 9.17) is 18.9 Å². The molecule has 1 aromatic carbocycles. The second-order valence-electron chi connectivity index (χ2n) is 16.1. The van der Waals surface area contributed by atoms with E-state index in [1.807, 2.05) is 39.0 Å². The Morgan fingerprint density at radius 2 is 1.33 bits per heavy atom. The van der Waals surface area contributed by atoms with Crippen LogP contribution in [0.2, 0.25) is 0 Å². The van der Waals surface area contributed by atoms with Crippen LogP contribution < -0.4 is 15.4 Å². The Labute approximate surface area is 360 Å². The van der Waals surface area contributed by atoms with Crippen molar-refractivity contribution in [3.63, 3.8) is 0 Å². The Hall–Kier alpha value is -4.70. The molecule has 0 fully saturated rings. The molecular formula is C50H72N2O8. The van der Waals surface area contributed by atoms with E-state index in [9.17, 15) is 19.2 Å². The molecule has 0 heterocycles. The van der Waals surface area contributed by atoms with Crippen molar-refractivity contribution in [1.29, 1.82) is 0 Å². The number of unbranched alkanes of at least 4 members (excludes halogenated alkanes) is 1. The monoisotopic (exact) mass is 829 g/mol. The maximum atomic E-state index is 14.0. The minimum atomic E-state index is -0.599. The minimum absolute atomic E-state index is 0.0454. The summed E-state index contributed by atoms with van der Waals surface area (Å²) in [6.45, 7) is 18.0. The first kappa shape index (κ1) is 49.7. The number of esters is 2. The number of carbonyl (C=O) groups excluding carboxylic acids is 4. The minimum Gasteiger partial charge on any atom is -0.497 e. The molecule has 1 unspecified atom stereocenters. The molecule has 0 saturated heterocycles. The van der Waals surface area contributed by atoms with Crippen molar-refractivity contribution in [2.24, 2.45) is 5.41 Å². The summed E-state index contributed by atoms with van der Waals surface area (Å²) >= 11 is 0. The first-order chi connectivity index (χ1) is 28.8. The molecule has 1 aromatic rings. The number of carbonyl (C=O) groups is 4. The largest absolute Gasteiger partial charge is 0.497 e. The van der Waals surface area contributed by atoms with Gasteiger partial charge in [0.25, 0.3) is 0 Å². The first-order valence-electron chi connectivity index (χ1n) is 22.2. The van der Waals surface area contributed by atoms with Crippen LogP contribution in [-0.2, 0) is 28.6 Å². The maximum absolute atomic E-state index is 14.0. The Kier molecular flexibility index (Phi) is 20.8. The topological polar surface area (TPSA) is 129 Å². The highest BCUT2D eigenvalue weighted by Crippen LogP contribution is 2.35. The fourth-order valence-electron chi connectivity index (χ4n) is 7.86. The zero-order chi connectivity index (χ0) is 44.1. The van der Waals surface area contributed by atoms with Gasteiger partial charge in [-0.05, 0) is 159 Å². The fourth-order valence-corrected chi connectivity index (χ4v) is 7.86. The van der Waals surface area contributed by atoms with Crippen LogP contribution in [0, 0.1) is 5.41 Å². The van der Waals surface area contributed by atoms with Crippen LogP contribution in [0.5, 0.6) is 5.75 Å². The lowest BCUT2D eigenvalue weighted by atomic mass is 9.76. The molecule has 0 bridgehead atoms. The smallest absolute Gasteiger partial charge is 0.342 e. The molecule has 3 rings (SSSR count). The number of rotatable bonds is 25. The number of hydrogen-bond donors (Lipinski definition) is 2. The Bertz CT molecular complexity index is 1810. The molecule has 60 heavy (non-hydrogen) atoms. The van der Waals surface area contributed by atoms with Gasteiger partial charge < -0.3 is 29.6 Å². The molecule has 2 aliphatic carbocycles. The Balaban J connectivity index is 1.81. The highest BCUT2D eigenvalue weighted by atomic mass is 16.5. The molecule has 0 radical (unpaired) electrons. The molecule has 2 N–H and O–H groups in total. The SMILES string of the molecule is C/C=C(\C=C/C(C)(C)OCC)C(=O)/C(C(=O)OCC)=C1\C=C(NCC(CC)(CCCC)CCCNC2=C/C(=C(/C(=O)OCC)C(=O)c3ccc(OC)cc3)CCC2)CCC1. The number of ether oxygens (including phenoxy) is 4. The number of benzene rings is 1. The van der Waals surface area contributed by atoms with Crippen LogP contribution in [0.25, 0.3) is 0 Å². The molecule has 0 aromatic heterocycles. The van der Waals surface area contributed by atoms with E-state index in [0.717, 1.165) is 88.7 Å². The van der Waals surface area contributed by atoms with Gasteiger partial charge in [-0.3, -0.25) is 9.59 Å². The lowest BCUT2D eigenvalue weighted by Crippen LogP contribution is -2.35. The average Bonchev–Trinajstić information content (AvgIpc) is 3.24. The molecule has 330 valence electrons. The molecule has 0 aliphatic heterocycles. The van der Waals surface area contributed by atoms with Gasteiger partial charge in [0.15, 0.2) is 5.78 Å². The highest BCUT2D eigenvalue weighted by Gasteiger charge is 2.31. The van der Waals surface area contributed by atoms with Gasteiger partial charge in [0.2, 0.25) is 5.78 Å². The summed E-state index contributed by atoms with van der Waals surface area (Å²) in [5.74, 6) is -1.26. The van der Waals surface area contributed by atoms with Crippen LogP contribution >= 0.6 is 0 Å². The molecular weight excluding hydrogens is 757 g/mol. The zero-order valence-electron chi connectivity index (χ0n) is 38.0. The fraction of sp³-hybridized carbons (Fsp3) is 0.560. The summed E-state index contributed by atoms with van der Waals surface area (Å²) in [6, 6.07) is 6.78. The third-order valence-electron chi connectivity index (χ3n) is 11.4. The maximum Gasteiger partial charge on any atom is 0.342 e. The standard InChI is InChI=1S/C50H72N2O8/c1-10-16-29-50(12-3,30-19-32-51-40-22-17-20-38(33-40)44(48(56)59-14-5)46(54)37-24-26-42(57-9)27-25-37)35-52-41-23-18-21-39(34-41)43(47(55)58-13-4)45(53)36(11-2)28-31-49(7,8)60-15-6/h11,24-28,31,33-34,51-52H,10,12-23,29-30,32,35H2,1-9H3/b31-28-,36-11+,43-39+,44-38+. The molecule has 10 heteroatoms. The van der Waals surface area contributed by atoms with Crippen molar-refractivity contribution >= 4 is 23.5 Å². The zero-order valence-corrected chi connectivity index (χ0v) is 38.0. The van der Waals surface area contributed by atoms with Gasteiger partial charge in [0.1, 0.15) is 16.9 Å². The van der Waals surface area contributed by atoms with E-state index in [1.165, 1.54) is 0 Å². The van der Waals surface area contributed by atoms with Crippen molar-refractivity contribution in [1.82, 2.24) is 10.6 Å². The van der Waals surface area contributed by atoms with Gasteiger partial charge in [0.05, 0.1) is 25.9 Å². The van der Waals surface area contributed by atoms with E-state index in [-0.39, 0.29) is 41.3 Å². The molecule has 1 atom stereocenters. The number of methoxy groups -OCH3 is 1. The highest BCUT2D eigenvalue weighted by molar-refractivity contribution is 6.26. The third-order valence-corrected chi connectivity index (χ3v) is 11.4. The van der Waals surface area contributed by atoms with Crippen LogP contribution in [0.1, 0.15) is 143 Å². The normalized spacial score (nSPS) is 17.5. The van der Waals surface area contributed by atoms with E-state index in [2.05, 4.69) is 24.5 Å². The molecule has 0 spiro atoms. The van der Waals surface area contributed by atoms with Crippen LogP contribution in [0.15, 0.2) is 93.9 Å². The molecule has 0 saturated carbocycles. The van der Waals surface area contributed by atoms with Gasteiger partial charge in [-0.1, -0.05) is 44.9 Å². The lowest BCUT2D eigenvalue weighted by Gasteiger charge is -2.35.